The van der Waals surface area contributed by atoms with E-state index in [-0.39, 0.29) is 0 Å². The maximum atomic E-state index is 5.90. The first-order chi connectivity index (χ1) is 8.17. The Morgan fingerprint density at radius 3 is 2.47 bits per heavy atom. The van der Waals surface area contributed by atoms with Crippen molar-refractivity contribution in [2.75, 3.05) is 12.8 Å². The zero-order valence-electron chi connectivity index (χ0n) is 10.9. The summed E-state index contributed by atoms with van der Waals surface area (Å²) in [5.74, 6) is 0. The van der Waals surface area contributed by atoms with Crippen LogP contribution in [0.15, 0.2) is 24.3 Å². The quantitative estimate of drug-likeness (QED) is 0.782. The molecule has 0 fully saturated rings. The van der Waals surface area contributed by atoms with Crippen LogP contribution in [0.5, 0.6) is 0 Å². The second-order valence-corrected chi connectivity index (χ2v) is 6.01. The Bertz CT molecular complexity index is 313. The standard InChI is InChI=1S/C14H22ClNS/c1-4-14(16-10-9-11(2)17-3)12-5-7-13(15)8-6-12/h5-8,11,14,16H,4,9-10H2,1-3H3. The molecule has 0 bridgehead atoms. The van der Waals surface area contributed by atoms with Gasteiger partial charge in [0, 0.05) is 16.3 Å². The van der Waals surface area contributed by atoms with Crippen molar-refractivity contribution in [1.29, 1.82) is 0 Å². The van der Waals surface area contributed by atoms with Crippen LogP contribution in [-0.4, -0.2) is 18.1 Å². The predicted octanol–water partition coefficient (Wildman–Crippen LogP) is 4.52. The largest absolute Gasteiger partial charge is 0.310 e. The molecule has 1 nitrogen and oxygen atoms in total. The molecule has 0 heterocycles. The van der Waals surface area contributed by atoms with Crippen molar-refractivity contribution >= 4 is 23.4 Å². The Labute approximate surface area is 114 Å². The second-order valence-electron chi connectivity index (χ2n) is 4.30. The Morgan fingerprint density at radius 2 is 1.94 bits per heavy atom. The maximum absolute atomic E-state index is 5.90. The third kappa shape index (κ3) is 5.33. The van der Waals surface area contributed by atoms with Crippen molar-refractivity contribution in [3.8, 4) is 0 Å². The maximum Gasteiger partial charge on any atom is 0.0406 e. The van der Waals surface area contributed by atoms with Crippen LogP contribution in [0.1, 0.15) is 38.3 Å². The molecule has 96 valence electrons. The highest BCUT2D eigenvalue weighted by Crippen LogP contribution is 2.19. The fourth-order valence-corrected chi connectivity index (χ4v) is 2.25. The Kier molecular flexibility index (Phi) is 7.02. The van der Waals surface area contributed by atoms with Gasteiger partial charge in [0.2, 0.25) is 0 Å². The zero-order valence-corrected chi connectivity index (χ0v) is 12.4. The minimum Gasteiger partial charge on any atom is -0.310 e. The van der Waals surface area contributed by atoms with E-state index in [0.29, 0.717) is 6.04 Å². The fraction of sp³-hybridized carbons (Fsp3) is 0.571. The van der Waals surface area contributed by atoms with E-state index in [1.54, 1.807) is 0 Å². The van der Waals surface area contributed by atoms with E-state index in [0.717, 1.165) is 23.2 Å². The number of thioether (sulfide) groups is 1. The molecule has 0 aromatic heterocycles. The third-order valence-corrected chi connectivity index (χ3v) is 4.32. The third-order valence-electron chi connectivity index (χ3n) is 3.02. The molecular formula is C14H22ClNS. The molecule has 1 aromatic carbocycles. The predicted molar refractivity (Wildman–Crippen MR) is 80.1 cm³/mol. The minimum atomic E-state index is 0.446. The minimum absolute atomic E-state index is 0.446. The van der Waals surface area contributed by atoms with E-state index in [2.05, 4.69) is 37.6 Å². The number of nitrogens with one attached hydrogen (secondary N) is 1. The van der Waals surface area contributed by atoms with E-state index in [1.807, 2.05) is 23.9 Å². The monoisotopic (exact) mass is 271 g/mol. The molecule has 3 heteroatoms. The average molecular weight is 272 g/mol. The number of benzene rings is 1. The van der Waals surface area contributed by atoms with Gasteiger partial charge < -0.3 is 5.32 Å². The molecule has 17 heavy (non-hydrogen) atoms. The lowest BCUT2D eigenvalue weighted by molar-refractivity contribution is 0.510. The lowest BCUT2D eigenvalue weighted by atomic mass is 10.0. The molecule has 0 amide bonds. The molecule has 0 aliphatic carbocycles. The van der Waals surface area contributed by atoms with Crippen LogP contribution < -0.4 is 5.32 Å². The van der Waals surface area contributed by atoms with Gasteiger partial charge in [-0.3, -0.25) is 0 Å². The summed E-state index contributed by atoms with van der Waals surface area (Å²) in [5, 5.41) is 5.15. The molecule has 2 atom stereocenters. The van der Waals surface area contributed by atoms with Gasteiger partial charge in [-0.15, -0.1) is 0 Å². The van der Waals surface area contributed by atoms with Crippen LogP contribution in [0.2, 0.25) is 5.02 Å². The van der Waals surface area contributed by atoms with Gasteiger partial charge in [-0.05, 0) is 43.3 Å². The molecule has 1 rings (SSSR count). The van der Waals surface area contributed by atoms with Crippen molar-refractivity contribution in [3.05, 3.63) is 34.9 Å². The van der Waals surface area contributed by atoms with Crippen molar-refractivity contribution in [3.63, 3.8) is 0 Å². The first-order valence-corrected chi connectivity index (χ1v) is 7.85. The first-order valence-electron chi connectivity index (χ1n) is 6.19. The first kappa shape index (κ1) is 14.9. The average Bonchev–Trinajstić information content (AvgIpc) is 2.35. The van der Waals surface area contributed by atoms with Crippen molar-refractivity contribution in [2.45, 2.75) is 38.0 Å². The number of rotatable bonds is 7. The van der Waals surface area contributed by atoms with Gasteiger partial charge in [0.15, 0.2) is 0 Å². The summed E-state index contributed by atoms with van der Waals surface area (Å²) in [4.78, 5) is 0. The van der Waals surface area contributed by atoms with Crippen LogP contribution in [0, 0.1) is 0 Å². The molecule has 1 aromatic rings. The Morgan fingerprint density at radius 1 is 1.29 bits per heavy atom. The van der Waals surface area contributed by atoms with E-state index in [9.17, 15) is 0 Å². The molecule has 0 aliphatic rings. The molecule has 2 unspecified atom stereocenters. The van der Waals surface area contributed by atoms with Gasteiger partial charge in [0.1, 0.15) is 0 Å². The summed E-state index contributed by atoms with van der Waals surface area (Å²) in [6.45, 7) is 5.56. The normalized spacial score (nSPS) is 14.6. The highest BCUT2D eigenvalue weighted by molar-refractivity contribution is 7.99. The van der Waals surface area contributed by atoms with Crippen molar-refractivity contribution in [2.24, 2.45) is 0 Å². The van der Waals surface area contributed by atoms with E-state index >= 15 is 0 Å². The summed E-state index contributed by atoms with van der Waals surface area (Å²) < 4.78 is 0. The van der Waals surface area contributed by atoms with Gasteiger partial charge in [-0.1, -0.05) is 37.6 Å². The Hall–Kier alpha value is -0.180. The fourth-order valence-electron chi connectivity index (χ4n) is 1.77. The summed E-state index contributed by atoms with van der Waals surface area (Å²) in [6.07, 6.45) is 4.49. The van der Waals surface area contributed by atoms with Crippen molar-refractivity contribution < 1.29 is 0 Å². The van der Waals surface area contributed by atoms with Crippen LogP contribution in [0.25, 0.3) is 0 Å². The van der Waals surface area contributed by atoms with Gasteiger partial charge in [-0.2, -0.15) is 11.8 Å². The van der Waals surface area contributed by atoms with Crippen LogP contribution in [-0.2, 0) is 0 Å². The van der Waals surface area contributed by atoms with Gasteiger partial charge in [0.25, 0.3) is 0 Å². The number of hydrogen-bond acceptors (Lipinski definition) is 2. The molecule has 0 saturated carbocycles. The molecule has 0 aliphatic heterocycles. The second kappa shape index (κ2) is 8.02. The molecule has 0 radical (unpaired) electrons. The highest BCUT2D eigenvalue weighted by atomic mass is 35.5. The lowest BCUT2D eigenvalue weighted by Crippen LogP contribution is -2.23. The highest BCUT2D eigenvalue weighted by Gasteiger charge is 2.08. The molecule has 1 N–H and O–H groups in total. The lowest BCUT2D eigenvalue weighted by Gasteiger charge is -2.18. The number of hydrogen-bond donors (Lipinski definition) is 1. The summed E-state index contributed by atoms with van der Waals surface area (Å²) >= 11 is 7.83. The summed E-state index contributed by atoms with van der Waals surface area (Å²) in [7, 11) is 0. The Balaban J connectivity index is 2.45. The van der Waals surface area contributed by atoms with Gasteiger partial charge in [0.05, 0.1) is 0 Å². The van der Waals surface area contributed by atoms with E-state index in [1.165, 1.54) is 12.0 Å². The summed E-state index contributed by atoms with van der Waals surface area (Å²) in [5.41, 5.74) is 1.33. The van der Waals surface area contributed by atoms with Gasteiger partial charge in [-0.25, -0.2) is 0 Å². The van der Waals surface area contributed by atoms with Gasteiger partial charge >= 0.3 is 0 Å². The number of halogens is 1. The van der Waals surface area contributed by atoms with Crippen LogP contribution in [0.4, 0.5) is 0 Å². The van der Waals surface area contributed by atoms with Crippen LogP contribution >= 0.6 is 23.4 Å². The zero-order chi connectivity index (χ0) is 12.7. The van der Waals surface area contributed by atoms with Crippen LogP contribution in [0.3, 0.4) is 0 Å². The van der Waals surface area contributed by atoms with E-state index < -0.39 is 0 Å². The molecular weight excluding hydrogens is 250 g/mol. The molecule has 0 spiro atoms. The van der Waals surface area contributed by atoms with E-state index in [4.69, 9.17) is 11.6 Å². The molecule has 0 saturated heterocycles. The summed E-state index contributed by atoms with van der Waals surface area (Å²) in [6, 6.07) is 8.60. The SMILES string of the molecule is CCC(NCCC(C)SC)c1ccc(Cl)cc1. The van der Waals surface area contributed by atoms with Crippen molar-refractivity contribution in [1.82, 2.24) is 5.32 Å². The topological polar surface area (TPSA) is 12.0 Å². The smallest absolute Gasteiger partial charge is 0.0406 e.